The summed E-state index contributed by atoms with van der Waals surface area (Å²) in [6.45, 7) is 11.8. The number of likely N-dealkylation sites (tertiary alicyclic amines) is 1. The molecule has 0 amide bonds. The lowest BCUT2D eigenvalue weighted by molar-refractivity contribution is 0.265. The molecule has 1 unspecified atom stereocenters. The van der Waals surface area contributed by atoms with Crippen LogP contribution in [0, 0.1) is 5.41 Å². The Balaban J connectivity index is 1.50. The van der Waals surface area contributed by atoms with Crippen LogP contribution in [0.5, 0.6) is 0 Å². The van der Waals surface area contributed by atoms with Crippen LogP contribution >= 0.6 is 12.6 Å². The molecule has 7 heteroatoms. The zero-order chi connectivity index (χ0) is 19.9. The van der Waals surface area contributed by atoms with Crippen molar-refractivity contribution in [1.29, 1.82) is 0 Å². The van der Waals surface area contributed by atoms with Gasteiger partial charge in [0, 0.05) is 68.2 Å². The molecule has 3 heterocycles. The van der Waals surface area contributed by atoms with E-state index in [1.54, 1.807) is 0 Å². The average Bonchev–Trinajstić information content (AvgIpc) is 3.05. The summed E-state index contributed by atoms with van der Waals surface area (Å²) in [6, 6.07) is 0. The van der Waals surface area contributed by atoms with Crippen LogP contribution in [-0.2, 0) is 0 Å². The van der Waals surface area contributed by atoms with Crippen LogP contribution in [0.25, 0.3) is 5.70 Å². The van der Waals surface area contributed by atoms with Crippen molar-refractivity contribution in [1.82, 2.24) is 19.9 Å². The van der Waals surface area contributed by atoms with E-state index < -0.39 is 0 Å². The lowest BCUT2D eigenvalue weighted by Crippen LogP contribution is -2.49. The summed E-state index contributed by atoms with van der Waals surface area (Å²) in [5.74, 6) is 6.63. The second-order valence-corrected chi connectivity index (χ2v) is 9.01. The standard InChI is InChI=1S/C21H30N6S/c1-4-18(26-13-15-9-19(28)21(2,3)10-16(15)14-26)17-11-23-20(24-12-17)25-5-7-27(22)8-6-25/h4,9-12,19,28H,5-8,13-14,22H2,1-3H3/b18-4-. The van der Waals surface area contributed by atoms with Gasteiger partial charge < -0.3 is 9.80 Å². The lowest BCUT2D eigenvalue weighted by Gasteiger charge is -2.32. The normalized spacial score (nSPS) is 25.5. The molecule has 0 spiro atoms. The molecule has 150 valence electrons. The first-order valence-corrected chi connectivity index (χ1v) is 10.5. The smallest absolute Gasteiger partial charge is 0.225 e. The fourth-order valence-electron chi connectivity index (χ4n) is 4.15. The molecule has 6 nitrogen and oxygen atoms in total. The van der Waals surface area contributed by atoms with E-state index in [1.807, 2.05) is 17.4 Å². The van der Waals surface area contributed by atoms with Gasteiger partial charge in [-0.3, -0.25) is 5.84 Å². The number of nitrogens with two attached hydrogens (primary N) is 1. The third-order valence-corrected chi connectivity index (χ3v) is 6.76. The van der Waals surface area contributed by atoms with Crippen molar-refractivity contribution in [2.24, 2.45) is 11.3 Å². The second kappa shape index (κ2) is 7.54. The number of aromatic nitrogens is 2. The fourth-order valence-corrected chi connectivity index (χ4v) is 4.40. The number of fused-ring (bicyclic) bond motifs is 1. The molecule has 1 atom stereocenters. The highest BCUT2D eigenvalue weighted by Crippen LogP contribution is 2.40. The van der Waals surface area contributed by atoms with Crippen molar-refractivity contribution in [3.05, 3.63) is 47.3 Å². The number of allylic oxidation sites excluding steroid dienone is 2. The van der Waals surface area contributed by atoms with E-state index in [2.05, 4.69) is 58.8 Å². The van der Waals surface area contributed by atoms with Crippen LogP contribution in [0.4, 0.5) is 5.95 Å². The molecule has 28 heavy (non-hydrogen) atoms. The van der Waals surface area contributed by atoms with E-state index in [9.17, 15) is 0 Å². The largest absolute Gasteiger partial charge is 0.363 e. The summed E-state index contributed by atoms with van der Waals surface area (Å²) in [5.41, 5.74) is 5.16. The summed E-state index contributed by atoms with van der Waals surface area (Å²) >= 11 is 4.78. The van der Waals surface area contributed by atoms with Gasteiger partial charge in [0.05, 0.1) is 0 Å². The van der Waals surface area contributed by atoms with Gasteiger partial charge in [-0.25, -0.2) is 15.0 Å². The molecule has 2 fully saturated rings. The topological polar surface area (TPSA) is 61.5 Å². The Hall–Kier alpha value is -1.83. The first kappa shape index (κ1) is 19.5. The highest BCUT2D eigenvalue weighted by molar-refractivity contribution is 7.81. The van der Waals surface area contributed by atoms with Crippen molar-refractivity contribution in [3.63, 3.8) is 0 Å². The van der Waals surface area contributed by atoms with E-state index >= 15 is 0 Å². The Morgan fingerprint density at radius 3 is 2.43 bits per heavy atom. The summed E-state index contributed by atoms with van der Waals surface area (Å²) < 4.78 is 0. The number of hydrazine groups is 1. The second-order valence-electron chi connectivity index (χ2n) is 8.45. The molecule has 3 aliphatic rings. The molecular weight excluding hydrogens is 368 g/mol. The monoisotopic (exact) mass is 398 g/mol. The van der Waals surface area contributed by atoms with Crippen LogP contribution < -0.4 is 10.7 Å². The van der Waals surface area contributed by atoms with Crippen LogP contribution in [0.3, 0.4) is 0 Å². The van der Waals surface area contributed by atoms with Crippen molar-refractivity contribution in [2.45, 2.75) is 26.0 Å². The van der Waals surface area contributed by atoms with Crippen molar-refractivity contribution < 1.29 is 0 Å². The molecule has 0 saturated carbocycles. The van der Waals surface area contributed by atoms with Gasteiger partial charge in [-0.2, -0.15) is 12.6 Å². The summed E-state index contributed by atoms with van der Waals surface area (Å²) in [6.07, 6.45) is 10.8. The van der Waals surface area contributed by atoms with Gasteiger partial charge in [-0.05, 0) is 23.5 Å². The summed E-state index contributed by atoms with van der Waals surface area (Å²) in [4.78, 5) is 13.9. The van der Waals surface area contributed by atoms with Crippen molar-refractivity contribution >= 4 is 24.3 Å². The number of piperazine rings is 1. The Kier molecular flexibility index (Phi) is 5.24. The van der Waals surface area contributed by atoms with Gasteiger partial charge in [0.1, 0.15) is 0 Å². The molecule has 1 aromatic heterocycles. The SMILES string of the molecule is C/C=C(/c1cnc(N2CCN(N)CC2)nc1)N1CC2=CC(S)C(C)(C)C=C2C1. The third-order valence-electron chi connectivity index (χ3n) is 5.95. The molecule has 1 aromatic rings. The third kappa shape index (κ3) is 3.71. The quantitative estimate of drug-likeness (QED) is 0.602. The zero-order valence-electron chi connectivity index (χ0n) is 17.0. The van der Waals surface area contributed by atoms with Crippen LogP contribution in [0.15, 0.2) is 41.8 Å². The first-order valence-electron chi connectivity index (χ1n) is 9.96. The van der Waals surface area contributed by atoms with E-state index in [0.717, 1.165) is 50.8 Å². The van der Waals surface area contributed by atoms with Gasteiger partial charge in [0.15, 0.2) is 0 Å². The van der Waals surface area contributed by atoms with E-state index in [4.69, 9.17) is 18.5 Å². The Labute approximate surface area is 173 Å². The minimum atomic E-state index is 0.0896. The predicted molar refractivity (Wildman–Crippen MR) is 118 cm³/mol. The average molecular weight is 399 g/mol. The van der Waals surface area contributed by atoms with Gasteiger partial charge in [0.25, 0.3) is 0 Å². The van der Waals surface area contributed by atoms with Crippen molar-refractivity contribution in [3.8, 4) is 0 Å². The number of thiol groups is 1. The van der Waals surface area contributed by atoms with E-state index in [0.29, 0.717) is 0 Å². The fraction of sp³-hybridized carbons (Fsp3) is 0.524. The van der Waals surface area contributed by atoms with Crippen LogP contribution in [0.2, 0.25) is 0 Å². The first-order chi connectivity index (χ1) is 13.4. The number of nitrogens with zero attached hydrogens (tertiary/aromatic N) is 5. The molecule has 1 aliphatic carbocycles. The predicted octanol–water partition coefficient (Wildman–Crippen LogP) is 2.34. The Bertz CT molecular complexity index is 818. The molecule has 2 saturated heterocycles. The molecular formula is C21H30N6S. The maximum Gasteiger partial charge on any atom is 0.225 e. The number of hydrogen-bond acceptors (Lipinski definition) is 7. The zero-order valence-corrected chi connectivity index (χ0v) is 17.9. The minimum absolute atomic E-state index is 0.0896. The highest BCUT2D eigenvalue weighted by atomic mass is 32.1. The molecule has 0 radical (unpaired) electrons. The molecule has 0 aromatic carbocycles. The molecule has 2 N–H and O–H groups in total. The maximum absolute atomic E-state index is 5.84. The van der Waals surface area contributed by atoms with Gasteiger partial charge in [-0.1, -0.05) is 32.1 Å². The molecule has 4 rings (SSSR count). The van der Waals surface area contributed by atoms with Gasteiger partial charge in [-0.15, -0.1) is 0 Å². The lowest BCUT2D eigenvalue weighted by atomic mass is 9.81. The van der Waals surface area contributed by atoms with Crippen molar-refractivity contribution in [2.75, 3.05) is 44.2 Å². The molecule has 0 bridgehead atoms. The Morgan fingerprint density at radius 1 is 1.14 bits per heavy atom. The minimum Gasteiger partial charge on any atom is -0.363 e. The number of anilines is 1. The van der Waals surface area contributed by atoms with Gasteiger partial charge in [0.2, 0.25) is 5.95 Å². The highest BCUT2D eigenvalue weighted by Gasteiger charge is 2.34. The van der Waals surface area contributed by atoms with Crippen LogP contribution in [-0.4, -0.2) is 64.4 Å². The number of rotatable bonds is 3. The summed E-state index contributed by atoms with van der Waals surface area (Å²) in [7, 11) is 0. The maximum atomic E-state index is 5.84. The van der Waals surface area contributed by atoms with Crippen LogP contribution in [0.1, 0.15) is 26.3 Å². The van der Waals surface area contributed by atoms with Gasteiger partial charge >= 0.3 is 0 Å². The summed E-state index contributed by atoms with van der Waals surface area (Å²) in [5, 5.41) is 2.10. The Morgan fingerprint density at radius 2 is 1.79 bits per heavy atom. The van der Waals surface area contributed by atoms with E-state index in [1.165, 1.54) is 16.8 Å². The van der Waals surface area contributed by atoms with E-state index in [-0.39, 0.29) is 10.7 Å². The molecule has 2 aliphatic heterocycles. The number of hydrogen-bond donors (Lipinski definition) is 2.